The largest absolute Gasteiger partial charge is 0.360 e. The molecule has 1 aliphatic carbocycles. The summed E-state index contributed by atoms with van der Waals surface area (Å²) in [5.74, 6) is -3.93. The van der Waals surface area contributed by atoms with Gasteiger partial charge in [-0.25, -0.2) is 18.7 Å². The van der Waals surface area contributed by atoms with Gasteiger partial charge < -0.3 is 20.5 Å². The molecule has 3 atom stereocenters. The highest BCUT2D eigenvalue weighted by molar-refractivity contribution is 6.33. The molecule has 3 aromatic rings. The third-order valence-corrected chi connectivity index (χ3v) is 7.25. The molecular weight excluding hydrogens is 502 g/mol. The Bertz CT molecular complexity index is 1350. The lowest BCUT2D eigenvalue weighted by Gasteiger charge is -2.32. The van der Waals surface area contributed by atoms with Gasteiger partial charge in [-0.3, -0.25) is 9.59 Å². The highest BCUT2D eigenvalue weighted by Crippen LogP contribution is 2.34. The van der Waals surface area contributed by atoms with E-state index < -0.39 is 36.7 Å². The van der Waals surface area contributed by atoms with E-state index in [-0.39, 0.29) is 12.1 Å². The van der Waals surface area contributed by atoms with E-state index in [0.717, 1.165) is 40.3 Å². The molecule has 2 fully saturated rings. The molecule has 3 heterocycles. The zero-order valence-electron chi connectivity index (χ0n) is 20.0. The lowest BCUT2D eigenvalue weighted by molar-refractivity contribution is -0.135. The number of aromatic amines is 1. The fourth-order valence-electron chi connectivity index (χ4n) is 5.22. The van der Waals surface area contributed by atoms with Crippen LogP contribution in [-0.2, 0) is 9.59 Å². The molecule has 2 aliphatic rings. The molecule has 2 aromatic heterocycles. The van der Waals surface area contributed by atoms with E-state index in [4.69, 9.17) is 11.6 Å². The van der Waals surface area contributed by atoms with Crippen molar-refractivity contribution in [2.45, 2.75) is 56.2 Å². The van der Waals surface area contributed by atoms with E-state index in [1.165, 1.54) is 0 Å². The van der Waals surface area contributed by atoms with E-state index in [0.29, 0.717) is 29.5 Å². The highest BCUT2D eigenvalue weighted by Gasteiger charge is 2.49. The molecular formula is C26H27ClF2N6O2. The first-order valence-corrected chi connectivity index (χ1v) is 12.6. The Morgan fingerprint density at radius 2 is 2.03 bits per heavy atom. The van der Waals surface area contributed by atoms with Crippen LogP contribution in [-0.4, -0.2) is 62.3 Å². The lowest BCUT2D eigenvalue weighted by Crippen LogP contribution is -2.50. The molecule has 1 aromatic carbocycles. The topological polar surface area (TPSA) is 103 Å². The SMILES string of the molecule is C=CC(=O)N1CC(F)(F)C[C@H]1C(=O)N[C@H]1CCC[C@@H](Nc2ncc(Cl)c(-c3c[nH]c4ccccc34)n2)C1. The zero-order chi connectivity index (χ0) is 26.2. The second-order valence-corrected chi connectivity index (χ2v) is 10.0. The first-order chi connectivity index (χ1) is 17.7. The van der Waals surface area contributed by atoms with Crippen LogP contribution in [0.4, 0.5) is 14.7 Å². The molecule has 0 spiro atoms. The molecule has 1 saturated carbocycles. The Labute approximate surface area is 217 Å². The number of H-pyrrole nitrogens is 1. The molecule has 2 amide bonds. The van der Waals surface area contributed by atoms with Gasteiger partial charge in [0.15, 0.2) is 0 Å². The molecule has 0 bridgehead atoms. The van der Waals surface area contributed by atoms with Crippen molar-refractivity contribution < 1.29 is 18.4 Å². The van der Waals surface area contributed by atoms with Gasteiger partial charge in [-0.15, -0.1) is 0 Å². The molecule has 194 valence electrons. The number of alkyl halides is 2. The van der Waals surface area contributed by atoms with Crippen LogP contribution in [0.5, 0.6) is 0 Å². The van der Waals surface area contributed by atoms with Crippen molar-refractivity contribution >= 4 is 40.3 Å². The number of benzene rings is 1. The summed E-state index contributed by atoms with van der Waals surface area (Å²) in [6.07, 6.45) is 6.62. The standard InChI is InChI=1S/C26H27ClF2N6O2/c1-2-22(36)35-14-26(28,29)11-21(35)24(37)32-15-6-5-7-16(10-15)33-25-31-13-19(27)23(34-25)18-12-30-20-9-4-3-8-17(18)20/h2-4,8-9,12-13,15-16,21,30H,1,5-7,10-11,14H2,(H,32,37)(H,31,33,34)/t15-,16+,21-/m0/s1. The van der Waals surface area contributed by atoms with Gasteiger partial charge in [-0.2, -0.15) is 0 Å². The van der Waals surface area contributed by atoms with Crippen molar-refractivity contribution in [2.75, 3.05) is 11.9 Å². The van der Waals surface area contributed by atoms with Gasteiger partial charge in [-0.05, 0) is 37.8 Å². The van der Waals surface area contributed by atoms with E-state index in [1.807, 2.05) is 30.5 Å². The van der Waals surface area contributed by atoms with Crippen molar-refractivity contribution in [2.24, 2.45) is 0 Å². The van der Waals surface area contributed by atoms with E-state index in [9.17, 15) is 18.4 Å². The Hall–Kier alpha value is -3.53. The fraction of sp³-hybridized carbons (Fsp3) is 0.385. The first-order valence-electron chi connectivity index (χ1n) is 12.2. The monoisotopic (exact) mass is 528 g/mol. The van der Waals surface area contributed by atoms with Crippen molar-refractivity contribution in [1.82, 2.24) is 25.2 Å². The van der Waals surface area contributed by atoms with Crippen LogP contribution in [0, 0.1) is 0 Å². The van der Waals surface area contributed by atoms with Gasteiger partial charge in [0, 0.05) is 41.2 Å². The number of para-hydroxylation sites is 1. The number of likely N-dealkylation sites (tertiary alicyclic amines) is 1. The van der Waals surface area contributed by atoms with E-state index in [1.54, 1.807) is 6.20 Å². The smallest absolute Gasteiger partial charge is 0.267 e. The number of anilines is 1. The molecule has 5 rings (SSSR count). The van der Waals surface area contributed by atoms with Crippen LogP contribution in [0.2, 0.25) is 5.02 Å². The second kappa shape index (κ2) is 10.1. The van der Waals surface area contributed by atoms with E-state index >= 15 is 0 Å². The summed E-state index contributed by atoms with van der Waals surface area (Å²) in [7, 11) is 0. The van der Waals surface area contributed by atoms with Crippen LogP contribution in [0.25, 0.3) is 22.2 Å². The molecule has 37 heavy (non-hydrogen) atoms. The number of halogens is 3. The van der Waals surface area contributed by atoms with Gasteiger partial charge in [0.05, 0.1) is 23.5 Å². The van der Waals surface area contributed by atoms with Crippen molar-refractivity contribution in [1.29, 1.82) is 0 Å². The molecule has 3 N–H and O–H groups in total. The predicted molar refractivity (Wildman–Crippen MR) is 137 cm³/mol. The number of nitrogens with zero attached hydrogens (tertiary/aromatic N) is 3. The van der Waals surface area contributed by atoms with Crippen LogP contribution in [0.15, 0.2) is 49.3 Å². The Morgan fingerprint density at radius 3 is 2.84 bits per heavy atom. The number of carbonyl (C=O) groups excluding carboxylic acids is 2. The first kappa shape index (κ1) is 25.1. The normalized spacial score (nSPS) is 23.1. The third-order valence-electron chi connectivity index (χ3n) is 6.97. The number of carbonyl (C=O) groups is 2. The minimum Gasteiger partial charge on any atom is -0.360 e. The zero-order valence-corrected chi connectivity index (χ0v) is 20.8. The van der Waals surface area contributed by atoms with Crippen molar-refractivity contribution in [3.63, 3.8) is 0 Å². The summed E-state index contributed by atoms with van der Waals surface area (Å²) in [5.41, 5.74) is 2.44. The summed E-state index contributed by atoms with van der Waals surface area (Å²) in [4.78, 5) is 38.0. The fourth-order valence-corrected chi connectivity index (χ4v) is 5.42. The molecule has 8 nitrogen and oxygen atoms in total. The average Bonchev–Trinajstić information content (AvgIpc) is 3.45. The van der Waals surface area contributed by atoms with Crippen LogP contribution in [0.3, 0.4) is 0 Å². The quantitative estimate of drug-likeness (QED) is 0.408. The summed E-state index contributed by atoms with van der Waals surface area (Å²) in [5, 5.41) is 7.64. The third kappa shape index (κ3) is 5.29. The average molecular weight is 529 g/mol. The second-order valence-electron chi connectivity index (χ2n) is 9.60. The Balaban J connectivity index is 1.26. The van der Waals surface area contributed by atoms with Gasteiger partial charge >= 0.3 is 0 Å². The van der Waals surface area contributed by atoms with Crippen molar-refractivity contribution in [3.05, 3.63) is 54.3 Å². The maximum atomic E-state index is 14.0. The minimum atomic E-state index is -3.11. The lowest BCUT2D eigenvalue weighted by atomic mass is 9.90. The minimum absolute atomic E-state index is 0.0352. The predicted octanol–water partition coefficient (Wildman–Crippen LogP) is 4.54. The van der Waals surface area contributed by atoms with Gasteiger partial charge in [0.25, 0.3) is 5.92 Å². The number of rotatable bonds is 6. The van der Waals surface area contributed by atoms with Crippen LogP contribution < -0.4 is 10.6 Å². The van der Waals surface area contributed by atoms with Crippen molar-refractivity contribution in [3.8, 4) is 11.3 Å². The molecule has 11 heteroatoms. The number of aromatic nitrogens is 3. The maximum absolute atomic E-state index is 14.0. The van der Waals surface area contributed by atoms with Crippen LogP contribution >= 0.6 is 11.6 Å². The summed E-state index contributed by atoms with van der Waals surface area (Å²) in [6, 6.07) is 6.38. The summed E-state index contributed by atoms with van der Waals surface area (Å²) >= 11 is 6.44. The molecule has 1 saturated heterocycles. The summed E-state index contributed by atoms with van der Waals surface area (Å²) in [6.45, 7) is 2.58. The Kier molecular flexibility index (Phi) is 6.85. The van der Waals surface area contributed by atoms with Crippen LogP contribution in [0.1, 0.15) is 32.1 Å². The molecule has 0 unspecified atom stereocenters. The van der Waals surface area contributed by atoms with Gasteiger partial charge in [0.2, 0.25) is 17.8 Å². The number of hydrogen-bond donors (Lipinski definition) is 3. The molecule has 0 radical (unpaired) electrons. The molecule has 1 aliphatic heterocycles. The number of nitrogens with one attached hydrogen (secondary N) is 3. The number of amides is 2. The van der Waals surface area contributed by atoms with Gasteiger partial charge in [0.1, 0.15) is 6.04 Å². The van der Waals surface area contributed by atoms with E-state index in [2.05, 4.69) is 32.2 Å². The highest BCUT2D eigenvalue weighted by atomic mass is 35.5. The number of hydrogen-bond acceptors (Lipinski definition) is 5. The number of fused-ring (bicyclic) bond motifs is 1. The summed E-state index contributed by atoms with van der Waals surface area (Å²) < 4.78 is 28.0. The van der Waals surface area contributed by atoms with Gasteiger partial charge in [-0.1, -0.05) is 36.4 Å². The maximum Gasteiger partial charge on any atom is 0.267 e. The Morgan fingerprint density at radius 1 is 1.24 bits per heavy atom.